The quantitative estimate of drug-likeness (QED) is 0.812. The van der Waals surface area contributed by atoms with E-state index in [2.05, 4.69) is 0 Å². The molecule has 1 atom stereocenters. The first-order valence-corrected chi connectivity index (χ1v) is 5.43. The monoisotopic (exact) mass is 218 g/mol. The smallest absolute Gasteiger partial charge is 0.321 e. The van der Waals surface area contributed by atoms with Crippen molar-refractivity contribution < 1.29 is 22.7 Å². The normalized spacial score (nSPS) is 13.9. The topological polar surface area (TPSA) is 84.6 Å². The summed E-state index contributed by atoms with van der Waals surface area (Å²) in [6, 6.07) is 1.25. The lowest BCUT2D eigenvalue weighted by Crippen LogP contribution is -2.27. The molecule has 0 saturated heterocycles. The Morgan fingerprint density at radius 2 is 2.14 bits per heavy atom. The van der Waals surface area contributed by atoms with Crippen LogP contribution >= 0.6 is 0 Å². The average Bonchev–Trinajstić information content (AvgIpc) is 2.50. The SMILES string of the molecule is Cc1occc1S(=O)(=O)C(C)C(=O)O. The van der Waals surface area contributed by atoms with Crippen molar-refractivity contribution in [3.63, 3.8) is 0 Å². The van der Waals surface area contributed by atoms with Gasteiger partial charge in [0.25, 0.3) is 0 Å². The molecule has 0 radical (unpaired) electrons. The molecule has 0 bridgehead atoms. The Labute approximate surface area is 81.3 Å². The van der Waals surface area contributed by atoms with Gasteiger partial charge in [0.15, 0.2) is 15.1 Å². The second-order valence-corrected chi connectivity index (χ2v) is 5.10. The van der Waals surface area contributed by atoms with Crippen LogP contribution in [0.25, 0.3) is 0 Å². The first kappa shape index (κ1) is 10.8. The summed E-state index contributed by atoms with van der Waals surface area (Å²) in [5.41, 5.74) is 0. The van der Waals surface area contributed by atoms with E-state index in [9.17, 15) is 13.2 Å². The summed E-state index contributed by atoms with van der Waals surface area (Å²) in [7, 11) is -3.82. The van der Waals surface area contributed by atoms with Gasteiger partial charge in [-0.05, 0) is 19.9 Å². The van der Waals surface area contributed by atoms with Crippen molar-refractivity contribution in [2.24, 2.45) is 0 Å². The van der Waals surface area contributed by atoms with Crippen LogP contribution in [-0.2, 0) is 14.6 Å². The fourth-order valence-corrected chi connectivity index (χ4v) is 2.33. The molecular formula is C8H10O5S. The minimum absolute atomic E-state index is 0.0626. The molecule has 1 heterocycles. The van der Waals surface area contributed by atoms with Crippen molar-refractivity contribution in [1.29, 1.82) is 0 Å². The van der Waals surface area contributed by atoms with Gasteiger partial charge in [-0.25, -0.2) is 8.42 Å². The Morgan fingerprint density at radius 3 is 2.50 bits per heavy atom. The molecular weight excluding hydrogens is 208 g/mol. The van der Waals surface area contributed by atoms with E-state index < -0.39 is 21.1 Å². The maximum atomic E-state index is 11.6. The highest BCUT2D eigenvalue weighted by Crippen LogP contribution is 2.20. The molecule has 14 heavy (non-hydrogen) atoms. The third kappa shape index (κ3) is 1.65. The Kier molecular flexibility index (Phi) is 2.66. The molecule has 0 aliphatic rings. The zero-order valence-corrected chi connectivity index (χ0v) is 8.54. The molecule has 0 aliphatic heterocycles. The van der Waals surface area contributed by atoms with Crippen LogP contribution in [0.3, 0.4) is 0 Å². The number of hydrogen-bond donors (Lipinski definition) is 1. The van der Waals surface area contributed by atoms with Crippen molar-refractivity contribution in [1.82, 2.24) is 0 Å². The highest BCUT2D eigenvalue weighted by atomic mass is 32.2. The van der Waals surface area contributed by atoms with Gasteiger partial charge in [-0.2, -0.15) is 0 Å². The molecule has 0 spiro atoms. The molecule has 1 rings (SSSR count). The maximum Gasteiger partial charge on any atom is 0.321 e. The van der Waals surface area contributed by atoms with Gasteiger partial charge in [0, 0.05) is 0 Å². The van der Waals surface area contributed by atoms with Gasteiger partial charge in [-0.3, -0.25) is 4.79 Å². The van der Waals surface area contributed by atoms with Gasteiger partial charge in [-0.1, -0.05) is 0 Å². The number of aryl methyl sites for hydroxylation is 1. The maximum absolute atomic E-state index is 11.6. The molecule has 0 saturated carbocycles. The summed E-state index contributed by atoms with van der Waals surface area (Å²) in [5.74, 6) is -1.16. The highest BCUT2D eigenvalue weighted by molar-refractivity contribution is 7.92. The molecule has 0 amide bonds. The summed E-state index contributed by atoms with van der Waals surface area (Å²) < 4.78 is 28.0. The van der Waals surface area contributed by atoms with Crippen LogP contribution in [0.15, 0.2) is 21.6 Å². The van der Waals surface area contributed by atoms with Crippen LogP contribution in [0.2, 0.25) is 0 Å². The highest BCUT2D eigenvalue weighted by Gasteiger charge is 2.31. The third-order valence-electron chi connectivity index (χ3n) is 1.93. The summed E-state index contributed by atoms with van der Waals surface area (Å²) in [6.45, 7) is 2.60. The molecule has 1 aromatic rings. The molecule has 0 aromatic carbocycles. The molecule has 78 valence electrons. The lowest BCUT2D eigenvalue weighted by molar-refractivity contribution is -0.136. The van der Waals surface area contributed by atoms with Crippen LogP contribution in [0.4, 0.5) is 0 Å². The van der Waals surface area contributed by atoms with Gasteiger partial charge >= 0.3 is 5.97 Å². The number of aliphatic carboxylic acids is 1. The zero-order chi connectivity index (χ0) is 10.9. The van der Waals surface area contributed by atoms with Crippen LogP contribution in [0.1, 0.15) is 12.7 Å². The standard InChI is InChI=1S/C8H10O5S/c1-5-7(3-4-13-5)14(11,12)6(2)8(9)10/h3-4,6H,1-2H3,(H,9,10). The van der Waals surface area contributed by atoms with E-state index in [1.165, 1.54) is 19.3 Å². The number of sulfone groups is 1. The second kappa shape index (κ2) is 3.45. The molecule has 1 N–H and O–H groups in total. The predicted molar refractivity (Wildman–Crippen MR) is 47.7 cm³/mol. The third-order valence-corrected chi connectivity index (χ3v) is 4.10. The number of rotatable bonds is 3. The van der Waals surface area contributed by atoms with E-state index in [1.54, 1.807) is 0 Å². The van der Waals surface area contributed by atoms with Crippen LogP contribution in [0.5, 0.6) is 0 Å². The molecule has 0 fully saturated rings. The Hall–Kier alpha value is -1.30. The number of hydrogen-bond acceptors (Lipinski definition) is 4. The second-order valence-electron chi connectivity index (χ2n) is 2.87. The lowest BCUT2D eigenvalue weighted by Gasteiger charge is -2.06. The lowest BCUT2D eigenvalue weighted by atomic mass is 10.5. The van der Waals surface area contributed by atoms with E-state index in [0.717, 1.165) is 6.92 Å². The molecule has 1 aromatic heterocycles. The number of carboxylic acid groups (broad SMARTS) is 1. The van der Waals surface area contributed by atoms with Crippen LogP contribution in [0, 0.1) is 6.92 Å². The van der Waals surface area contributed by atoms with Gasteiger partial charge in [0.1, 0.15) is 10.7 Å². The largest absolute Gasteiger partial charge is 0.480 e. The Balaban J connectivity index is 3.22. The zero-order valence-electron chi connectivity index (χ0n) is 7.72. The van der Waals surface area contributed by atoms with Crippen molar-refractivity contribution in [3.8, 4) is 0 Å². The number of furan rings is 1. The minimum Gasteiger partial charge on any atom is -0.480 e. The summed E-state index contributed by atoms with van der Waals surface area (Å²) in [6.07, 6.45) is 1.22. The minimum atomic E-state index is -3.82. The number of carbonyl (C=O) groups is 1. The molecule has 6 heteroatoms. The van der Waals surface area contributed by atoms with E-state index in [4.69, 9.17) is 9.52 Å². The van der Waals surface area contributed by atoms with Crippen molar-refractivity contribution in [3.05, 3.63) is 18.1 Å². The van der Waals surface area contributed by atoms with Crippen LogP contribution < -0.4 is 0 Å². The van der Waals surface area contributed by atoms with Gasteiger partial charge in [0.2, 0.25) is 0 Å². The summed E-state index contributed by atoms with van der Waals surface area (Å²) in [5, 5.41) is 7.14. The van der Waals surface area contributed by atoms with Gasteiger partial charge in [-0.15, -0.1) is 0 Å². The van der Waals surface area contributed by atoms with Crippen molar-refractivity contribution >= 4 is 15.8 Å². The number of carboxylic acids is 1. The van der Waals surface area contributed by atoms with Gasteiger partial charge in [0.05, 0.1) is 6.26 Å². The molecule has 5 nitrogen and oxygen atoms in total. The summed E-state index contributed by atoms with van der Waals surface area (Å²) >= 11 is 0. The van der Waals surface area contributed by atoms with Gasteiger partial charge < -0.3 is 9.52 Å². The van der Waals surface area contributed by atoms with E-state index in [1.807, 2.05) is 0 Å². The van der Waals surface area contributed by atoms with E-state index in [-0.39, 0.29) is 10.7 Å². The van der Waals surface area contributed by atoms with Crippen LogP contribution in [-0.4, -0.2) is 24.7 Å². The fraction of sp³-hybridized carbons (Fsp3) is 0.375. The Morgan fingerprint density at radius 1 is 1.57 bits per heavy atom. The predicted octanol–water partition coefficient (Wildman–Crippen LogP) is 0.835. The molecule has 1 unspecified atom stereocenters. The Bertz CT molecular complexity index is 442. The van der Waals surface area contributed by atoms with Crippen molar-refractivity contribution in [2.75, 3.05) is 0 Å². The van der Waals surface area contributed by atoms with E-state index >= 15 is 0 Å². The first-order chi connectivity index (χ1) is 6.37. The summed E-state index contributed by atoms with van der Waals surface area (Å²) in [4.78, 5) is 10.5. The molecule has 0 aliphatic carbocycles. The van der Waals surface area contributed by atoms with E-state index in [0.29, 0.717) is 0 Å². The average molecular weight is 218 g/mol. The fourth-order valence-electron chi connectivity index (χ4n) is 0.992. The van der Waals surface area contributed by atoms with Crippen molar-refractivity contribution in [2.45, 2.75) is 24.0 Å². The first-order valence-electron chi connectivity index (χ1n) is 3.88.